The molecule has 0 aromatic heterocycles. The molecule has 0 aliphatic heterocycles. The molecule has 6 unspecified atom stereocenters. The van der Waals surface area contributed by atoms with Crippen LogP contribution < -0.4 is 0 Å². The van der Waals surface area contributed by atoms with Gasteiger partial charge in [0.05, 0.1) is 6.61 Å². The van der Waals surface area contributed by atoms with Crippen LogP contribution in [0.2, 0.25) is 0 Å². The van der Waals surface area contributed by atoms with Crippen molar-refractivity contribution in [3.8, 4) is 0 Å². The van der Waals surface area contributed by atoms with Crippen LogP contribution >= 0.6 is 7.82 Å². The molecule has 6 N–H and O–H groups in total. The number of aliphatic hydroxyl groups excluding tert-OH is 5. The van der Waals surface area contributed by atoms with E-state index in [9.17, 15) is 44.6 Å². The van der Waals surface area contributed by atoms with Crippen LogP contribution in [0.5, 0.6) is 0 Å². The van der Waals surface area contributed by atoms with Crippen LogP contribution in [0.15, 0.2) is 24.3 Å². The van der Waals surface area contributed by atoms with Gasteiger partial charge in [-0.25, -0.2) is 4.57 Å². The van der Waals surface area contributed by atoms with Crippen molar-refractivity contribution < 1.29 is 63.1 Å². The first-order valence-corrected chi connectivity index (χ1v) is 27.6. The van der Waals surface area contributed by atoms with E-state index in [1.165, 1.54) is 128 Å². The topological polar surface area (TPSA) is 210 Å². The molecule has 1 aliphatic carbocycles. The normalized spacial score (nSPS) is 21.5. The SMILES string of the molecule is CCCCCCCCC/C=C\CCCCCCCCCC(=O)OCC(COP(=O)(O)OC1C(O)C(O)C(O)C(O)C1O)OC(=O)CCCCCCCCC/C=C\CCCCCCCCC. The van der Waals surface area contributed by atoms with Crippen LogP contribution in [0.3, 0.4) is 0 Å². The van der Waals surface area contributed by atoms with Crippen LogP contribution in [0.4, 0.5) is 0 Å². The highest BCUT2D eigenvalue weighted by atomic mass is 31.2. The molecule has 14 heteroatoms. The monoisotopic (exact) mass is 947 g/mol. The summed E-state index contributed by atoms with van der Waals surface area (Å²) in [4.78, 5) is 35.8. The largest absolute Gasteiger partial charge is 0.472 e. The number of hydrogen-bond donors (Lipinski definition) is 6. The summed E-state index contributed by atoms with van der Waals surface area (Å²) in [5.41, 5.74) is 0. The second-order valence-corrected chi connectivity index (χ2v) is 19.8. The molecule has 1 saturated carbocycles. The highest BCUT2D eigenvalue weighted by Gasteiger charge is 2.51. The Hall–Kier alpha value is -1.67. The van der Waals surface area contributed by atoms with Crippen molar-refractivity contribution >= 4 is 19.8 Å². The van der Waals surface area contributed by atoms with Gasteiger partial charge in [-0.05, 0) is 64.2 Å². The van der Waals surface area contributed by atoms with Crippen LogP contribution in [-0.2, 0) is 32.7 Å². The van der Waals surface area contributed by atoms with Gasteiger partial charge in [-0.2, -0.15) is 0 Å². The number of carbonyl (C=O) groups excluding carboxylic acids is 2. The Morgan fingerprint density at radius 2 is 0.785 bits per heavy atom. The van der Waals surface area contributed by atoms with Crippen molar-refractivity contribution in [3.05, 3.63) is 24.3 Å². The molecule has 382 valence electrons. The predicted molar refractivity (Wildman–Crippen MR) is 258 cm³/mol. The molecule has 0 radical (unpaired) electrons. The third-order valence-corrected chi connectivity index (χ3v) is 13.3. The van der Waals surface area contributed by atoms with E-state index >= 15 is 0 Å². The van der Waals surface area contributed by atoms with E-state index in [-0.39, 0.29) is 12.8 Å². The van der Waals surface area contributed by atoms with Crippen LogP contribution in [-0.4, -0.2) is 98.3 Å². The van der Waals surface area contributed by atoms with Crippen LogP contribution in [0.25, 0.3) is 0 Å². The van der Waals surface area contributed by atoms with Crippen molar-refractivity contribution in [3.63, 3.8) is 0 Å². The van der Waals surface area contributed by atoms with Gasteiger partial charge in [0.1, 0.15) is 43.2 Å². The number of allylic oxidation sites excluding steroid dienone is 4. The summed E-state index contributed by atoms with van der Waals surface area (Å²) in [5, 5.41) is 50.3. The van der Waals surface area contributed by atoms with Gasteiger partial charge in [-0.1, -0.05) is 179 Å². The summed E-state index contributed by atoms with van der Waals surface area (Å²) in [6, 6.07) is 0. The zero-order chi connectivity index (χ0) is 47.8. The Labute approximate surface area is 394 Å². The molecule has 0 bridgehead atoms. The quantitative estimate of drug-likeness (QED) is 0.0146. The average molecular weight is 947 g/mol. The number of esters is 2. The lowest BCUT2D eigenvalue weighted by Crippen LogP contribution is -2.64. The smallest absolute Gasteiger partial charge is 0.462 e. The van der Waals surface area contributed by atoms with E-state index in [1.807, 2.05) is 0 Å². The Morgan fingerprint density at radius 3 is 1.17 bits per heavy atom. The fourth-order valence-corrected chi connectivity index (χ4v) is 9.02. The summed E-state index contributed by atoms with van der Waals surface area (Å²) in [6.45, 7) is 3.32. The summed E-state index contributed by atoms with van der Waals surface area (Å²) in [5.74, 6) is -1.10. The minimum Gasteiger partial charge on any atom is -0.462 e. The highest BCUT2D eigenvalue weighted by molar-refractivity contribution is 7.47. The number of phosphoric acid groups is 1. The van der Waals surface area contributed by atoms with Crippen molar-refractivity contribution in [2.45, 2.75) is 275 Å². The molecule has 1 rings (SSSR count). The molecule has 0 amide bonds. The molecule has 0 aromatic rings. The number of aliphatic hydroxyl groups is 5. The van der Waals surface area contributed by atoms with E-state index in [4.69, 9.17) is 18.5 Å². The summed E-state index contributed by atoms with van der Waals surface area (Å²) < 4.78 is 33.6. The minimum atomic E-state index is -5.12. The molecule has 1 fully saturated rings. The maximum atomic E-state index is 12.8. The predicted octanol–water partition coefficient (Wildman–Crippen LogP) is 11.2. The van der Waals surface area contributed by atoms with Gasteiger partial charge in [-0.15, -0.1) is 0 Å². The van der Waals surface area contributed by atoms with Crippen molar-refractivity contribution in [1.82, 2.24) is 0 Å². The van der Waals surface area contributed by atoms with E-state index in [1.54, 1.807) is 0 Å². The number of rotatable bonds is 44. The van der Waals surface area contributed by atoms with Gasteiger partial charge in [0.15, 0.2) is 6.10 Å². The molecule has 13 nitrogen and oxygen atoms in total. The van der Waals surface area contributed by atoms with Crippen molar-refractivity contribution in [2.75, 3.05) is 13.2 Å². The van der Waals surface area contributed by atoms with Gasteiger partial charge in [-0.3, -0.25) is 18.6 Å². The molecule has 1 aliphatic rings. The molecule has 0 spiro atoms. The fourth-order valence-electron chi connectivity index (χ4n) is 8.04. The first kappa shape index (κ1) is 61.3. The lowest BCUT2D eigenvalue weighted by molar-refractivity contribution is -0.220. The summed E-state index contributed by atoms with van der Waals surface area (Å²) in [7, 11) is -5.12. The molecule has 6 atom stereocenters. The number of phosphoric ester groups is 1. The van der Waals surface area contributed by atoms with Gasteiger partial charge in [0.2, 0.25) is 0 Å². The second-order valence-electron chi connectivity index (χ2n) is 18.4. The van der Waals surface area contributed by atoms with E-state index in [2.05, 4.69) is 38.2 Å². The van der Waals surface area contributed by atoms with Crippen LogP contribution in [0.1, 0.15) is 232 Å². The lowest BCUT2D eigenvalue weighted by atomic mass is 9.85. The summed E-state index contributed by atoms with van der Waals surface area (Å²) >= 11 is 0. The first-order valence-electron chi connectivity index (χ1n) is 26.1. The Morgan fingerprint density at radius 1 is 0.462 bits per heavy atom. The van der Waals surface area contributed by atoms with E-state index in [0.717, 1.165) is 64.2 Å². The number of carbonyl (C=O) groups is 2. The maximum Gasteiger partial charge on any atom is 0.472 e. The molecule has 0 aromatic carbocycles. The Balaban J connectivity index is 2.40. The highest BCUT2D eigenvalue weighted by Crippen LogP contribution is 2.47. The van der Waals surface area contributed by atoms with Crippen LogP contribution in [0, 0.1) is 0 Å². The number of ether oxygens (including phenoxy) is 2. The fraction of sp³-hybridized carbons (Fsp3) is 0.882. The number of hydrogen-bond acceptors (Lipinski definition) is 12. The van der Waals surface area contributed by atoms with E-state index < -0.39 is 75.7 Å². The third kappa shape index (κ3) is 33.5. The standard InChI is InChI=1S/C51H95O13P/c1-3-5-7-9-11-13-15-17-19-21-23-25-27-29-31-33-35-37-39-44(52)61-41-43(42-62-65(59,60)64-51-49(57)47(55)46(54)48(56)50(51)58)63-45(53)40-38-36-34-32-30-28-26-24-22-20-18-16-14-12-10-8-6-4-2/h19-22,43,46-51,54-58H,3-18,23-42H2,1-2H3,(H,59,60)/b21-19-,22-20-. The molecule has 0 saturated heterocycles. The van der Waals surface area contributed by atoms with Gasteiger partial charge in [0.25, 0.3) is 0 Å². The Bertz CT molecular complexity index is 1230. The first-order chi connectivity index (χ1) is 31.4. The Kier molecular flexibility index (Phi) is 39.0. The second kappa shape index (κ2) is 41.3. The van der Waals surface area contributed by atoms with Crippen molar-refractivity contribution in [2.24, 2.45) is 0 Å². The zero-order valence-electron chi connectivity index (χ0n) is 40.8. The van der Waals surface area contributed by atoms with Gasteiger partial charge >= 0.3 is 19.8 Å². The third-order valence-electron chi connectivity index (χ3n) is 12.3. The van der Waals surface area contributed by atoms with Gasteiger partial charge in [0, 0.05) is 12.8 Å². The zero-order valence-corrected chi connectivity index (χ0v) is 41.7. The summed E-state index contributed by atoms with van der Waals surface area (Å²) in [6.07, 6.45) is 33.6. The van der Waals surface area contributed by atoms with E-state index in [0.29, 0.717) is 12.8 Å². The average Bonchev–Trinajstić information content (AvgIpc) is 3.29. The molecular weight excluding hydrogens is 852 g/mol. The molecular formula is C51H95O13P. The number of unbranched alkanes of at least 4 members (excludes halogenated alkanes) is 28. The lowest BCUT2D eigenvalue weighted by Gasteiger charge is -2.41. The maximum absolute atomic E-state index is 12.8. The molecule has 65 heavy (non-hydrogen) atoms. The minimum absolute atomic E-state index is 0.0931. The van der Waals surface area contributed by atoms with Crippen molar-refractivity contribution in [1.29, 1.82) is 0 Å². The molecule has 0 heterocycles. The van der Waals surface area contributed by atoms with Gasteiger partial charge < -0.3 is 39.9 Å².